The number of halogens is 3. The largest absolute Gasteiger partial charge is 0.482 e. The quantitative estimate of drug-likeness (QED) is 0.289. The minimum Gasteiger partial charge on any atom is -0.482 e. The van der Waals surface area contributed by atoms with Crippen LogP contribution >= 0.6 is 35.0 Å². The summed E-state index contributed by atoms with van der Waals surface area (Å²) in [5, 5.41) is 4.20. The number of carbonyl (C=O) groups excluding carboxylic acids is 1. The van der Waals surface area contributed by atoms with Gasteiger partial charge in [0.1, 0.15) is 17.4 Å². The minimum atomic E-state index is -0.406. The second-order valence-corrected chi connectivity index (χ2v) is 8.46. The molecule has 4 rings (SSSR count). The van der Waals surface area contributed by atoms with E-state index in [4.69, 9.17) is 27.9 Å². The van der Waals surface area contributed by atoms with Gasteiger partial charge in [-0.3, -0.25) is 4.79 Å². The number of imidazole rings is 1. The van der Waals surface area contributed by atoms with E-state index >= 15 is 0 Å². The molecular formula is C23H17Cl2FN4O2S. The van der Waals surface area contributed by atoms with Gasteiger partial charge in [0.2, 0.25) is 0 Å². The molecule has 168 valence electrons. The zero-order valence-electron chi connectivity index (χ0n) is 17.2. The molecular weight excluding hydrogens is 486 g/mol. The molecule has 2 heterocycles. The molecule has 2 N–H and O–H groups in total. The van der Waals surface area contributed by atoms with Crippen molar-refractivity contribution in [2.45, 2.75) is 5.16 Å². The molecule has 0 spiro atoms. The molecule has 0 atom stereocenters. The fraction of sp³-hybridized carbons (Fsp3) is 0.0870. The number of ether oxygens (including phenoxy) is 1. The average molecular weight is 503 g/mol. The lowest BCUT2D eigenvalue weighted by Gasteiger charge is -2.09. The molecule has 0 aliphatic rings. The molecule has 0 fully saturated rings. The molecule has 0 radical (unpaired) electrons. The van der Waals surface area contributed by atoms with Gasteiger partial charge in [0.15, 0.2) is 11.8 Å². The number of H-pyrrole nitrogens is 1. The van der Waals surface area contributed by atoms with Crippen LogP contribution in [0.3, 0.4) is 0 Å². The summed E-state index contributed by atoms with van der Waals surface area (Å²) in [5.74, 6) is -0.0396. The van der Waals surface area contributed by atoms with E-state index in [0.29, 0.717) is 32.5 Å². The van der Waals surface area contributed by atoms with Crippen molar-refractivity contribution in [1.29, 1.82) is 0 Å². The van der Waals surface area contributed by atoms with Crippen LogP contribution in [0.15, 0.2) is 66.0 Å². The average Bonchev–Trinajstić information content (AvgIpc) is 3.24. The van der Waals surface area contributed by atoms with E-state index in [9.17, 15) is 9.18 Å². The van der Waals surface area contributed by atoms with Gasteiger partial charge in [-0.15, -0.1) is 0 Å². The molecule has 0 saturated carbocycles. The van der Waals surface area contributed by atoms with Gasteiger partial charge in [0.05, 0.1) is 16.4 Å². The Morgan fingerprint density at radius 2 is 1.91 bits per heavy atom. The first-order valence-corrected chi connectivity index (χ1v) is 11.6. The maximum atomic E-state index is 13.4. The fourth-order valence-corrected chi connectivity index (χ4v) is 3.89. The van der Waals surface area contributed by atoms with E-state index in [-0.39, 0.29) is 12.4 Å². The first kappa shape index (κ1) is 23.1. The molecule has 0 aliphatic carbocycles. The third kappa shape index (κ3) is 5.65. The van der Waals surface area contributed by atoms with Crippen LogP contribution in [-0.4, -0.2) is 33.7 Å². The summed E-state index contributed by atoms with van der Waals surface area (Å²) < 4.78 is 18.8. The maximum Gasteiger partial charge on any atom is 0.263 e. The van der Waals surface area contributed by atoms with E-state index in [0.717, 1.165) is 16.8 Å². The summed E-state index contributed by atoms with van der Waals surface area (Å²) >= 11 is 13.4. The van der Waals surface area contributed by atoms with Gasteiger partial charge in [-0.1, -0.05) is 35.0 Å². The number of nitrogens with zero attached hydrogens (tertiary/aromatic N) is 2. The molecule has 1 amide bonds. The van der Waals surface area contributed by atoms with E-state index in [1.807, 2.05) is 6.26 Å². The van der Waals surface area contributed by atoms with E-state index in [2.05, 4.69) is 20.3 Å². The molecule has 6 nitrogen and oxygen atoms in total. The van der Waals surface area contributed by atoms with E-state index in [1.165, 1.54) is 30.0 Å². The fourth-order valence-electron chi connectivity index (χ4n) is 3.04. The molecule has 4 aromatic rings. The molecule has 33 heavy (non-hydrogen) atoms. The topological polar surface area (TPSA) is 79.9 Å². The van der Waals surface area contributed by atoms with Gasteiger partial charge in [-0.25, -0.2) is 14.4 Å². The zero-order valence-corrected chi connectivity index (χ0v) is 19.6. The third-order valence-electron chi connectivity index (χ3n) is 4.56. The van der Waals surface area contributed by atoms with Crippen molar-refractivity contribution >= 4 is 46.7 Å². The summed E-state index contributed by atoms with van der Waals surface area (Å²) in [4.78, 5) is 24.5. The first-order valence-electron chi connectivity index (χ1n) is 9.67. The van der Waals surface area contributed by atoms with Crippen molar-refractivity contribution in [2.24, 2.45) is 0 Å². The highest BCUT2D eigenvalue weighted by Gasteiger charge is 2.16. The number of rotatable bonds is 7. The molecule has 0 bridgehead atoms. The summed E-state index contributed by atoms with van der Waals surface area (Å²) in [7, 11) is 0. The number of pyridine rings is 1. The second-order valence-electron chi connectivity index (χ2n) is 6.82. The molecule has 10 heteroatoms. The summed E-state index contributed by atoms with van der Waals surface area (Å²) in [6.45, 7) is -0.257. The number of benzene rings is 2. The third-order valence-corrected chi connectivity index (χ3v) is 5.67. The van der Waals surface area contributed by atoms with Gasteiger partial charge in [-0.2, -0.15) is 0 Å². The smallest absolute Gasteiger partial charge is 0.263 e. The number of nitrogens with one attached hydrogen (secondary N) is 2. The van der Waals surface area contributed by atoms with Crippen LogP contribution in [0.2, 0.25) is 10.0 Å². The number of anilines is 1. The van der Waals surface area contributed by atoms with Crippen LogP contribution in [0, 0.1) is 5.82 Å². The predicted molar refractivity (Wildman–Crippen MR) is 130 cm³/mol. The summed E-state index contributed by atoms with van der Waals surface area (Å²) in [6, 6.07) is 14.4. The van der Waals surface area contributed by atoms with Crippen molar-refractivity contribution in [2.75, 3.05) is 18.2 Å². The predicted octanol–water partition coefficient (Wildman–Crippen LogP) is 6.32. The van der Waals surface area contributed by atoms with Gasteiger partial charge >= 0.3 is 0 Å². The highest BCUT2D eigenvalue weighted by Crippen LogP contribution is 2.33. The van der Waals surface area contributed by atoms with Crippen LogP contribution < -0.4 is 10.1 Å². The Morgan fingerprint density at radius 1 is 1.12 bits per heavy atom. The number of amides is 1. The summed E-state index contributed by atoms with van der Waals surface area (Å²) in [6.07, 6.45) is 3.48. The zero-order chi connectivity index (χ0) is 23.4. The molecule has 0 saturated heterocycles. The van der Waals surface area contributed by atoms with Crippen molar-refractivity contribution in [3.8, 4) is 28.3 Å². The summed E-state index contributed by atoms with van der Waals surface area (Å²) in [5.41, 5.74) is 2.92. The Hall–Kier alpha value is -3.07. The lowest BCUT2D eigenvalue weighted by Crippen LogP contribution is -2.20. The van der Waals surface area contributed by atoms with Crippen LogP contribution in [-0.2, 0) is 4.79 Å². The highest BCUT2D eigenvalue weighted by molar-refractivity contribution is 7.98. The Morgan fingerprint density at radius 3 is 2.64 bits per heavy atom. The van der Waals surface area contributed by atoms with Gasteiger partial charge < -0.3 is 15.0 Å². The number of thioether (sulfide) groups is 1. The lowest BCUT2D eigenvalue weighted by atomic mass is 10.1. The van der Waals surface area contributed by atoms with Crippen molar-refractivity contribution in [3.63, 3.8) is 0 Å². The van der Waals surface area contributed by atoms with Gasteiger partial charge in [0.25, 0.3) is 5.91 Å². The number of aromatic amines is 1. The van der Waals surface area contributed by atoms with Crippen LogP contribution in [0.25, 0.3) is 22.5 Å². The number of carbonyl (C=O) groups is 1. The lowest BCUT2D eigenvalue weighted by molar-refractivity contribution is -0.118. The Bertz CT molecular complexity index is 1300. The van der Waals surface area contributed by atoms with E-state index in [1.54, 1.807) is 42.6 Å². The van der Waals surface area contributed by atoms with Crippen molar-refractivity contribution < 1.29 is 13.9 Å². The van der Waals surface area contributed by atoms with Crippen LogP contribution in [0.5, 0.6) is 5.75 Å². The second kappa shape index (κ2) is 10.2. The van der Waals surface area contributed by atoms with E-state index < -0.39 is 5.91 Å². The minimum absolute atomic E-state index is 0.257. The first-order chi connectivity index (χ1) is 15.9. The molecule has 0 unspecified atom stereocenters. The number of aromatic nitrogens is 3. The van der Waals surface area contributed by atoms with Gasteiger partial charge in [-0.05, 0) is 60.9 Å². The monoisotopic (exact) mass is 502 g/mol. The van der Waals surface area contributed by atoms with Crippen molar-refractivity contribution in [1.82, 2.24) is 15.0 Å². The Balaban J connectivity index is 1.53. The van der Waals surface area contributed by atoms with Crippen molar-refractivity contribution in [3.05, 3.63) is 76.7 Å². The molecule has 2 aromatic carbocycles. The SMILES string of the molecule is CSc1nc(-c2ccnc(NC(=O)COc3ccc(Cl)cc3Cl)c2)c(-c2ccc(F)cc2)[nH]1. The number of hydrogen-bond acceptors (Lipinski definition) is 5. The van der Waals surface area contributed by atoms with Crippen LogP contribution in [0.1, 0.15) is 0 Å². The maximum absolute atomic E-state index is 13.4. The van der Waals surface area contributed by atoms with Gasteiger partial charge in [0, 0.05) is 22.3 Å². The number of hydrogen-bond donors (Lipinski definition) is 2. The molecule has 0 aliphatic heterocycles. The normalized spacial score (nSPS) is 10.8. The van der Waals surface area contributed by atoms with Crippen LogP contribution in [0.4, 0.5) is 10.2 Å². The standard InChI is InChI=1S/C23H17Cl2FN4O2S/c1-33-23-29-21(13-2-5-16(26)6-3-13)22(30-23)14-8-9-27-19(10-14)28-20(31)12-32-18-7-4-15(24)11-17(18)25/h2-11H,12H2,1H3,(H,29,30)(H,27,28,31). The Kier molecular flexibility index (Phi) is 7.17. The highest BCUT2D eigenvalue weighted by atomic mass is 35.5. The molecule has 2 aromatic heterocycles. The Labute approximate surface area is 203 Å².